The largest absolute Gasteiger partial charge is 0.417 e. The fourth-order valence-electron chi connectivity index (χ4n) is 4.91. The van der Waals surface area contributed by atoms with Gasteiger partial charge in [0.2, 0.25) is 10.0 Å². The van der Waals surface area contributed by atoms with Gasteiger partial charge in [-0.1, -0.05) is 25.3 Å². The molecule has 2 aliphatic heterocycles. The Labute approximate surface area is 197 Å². The van der Waals surface area contributed by atoms with E-state index in [1.807, 2.05) is 0 Å². The predicted octanol–water partition coefficient (Wildman–Crippen LogP) is 3.99. The van der Waals surface area contributed by atoms with Gasteiger partial charge in [-0.15, -0.1) is 0 Å². The average Bonchev–Trinajstić information content (AvgIpc) is 3.13. The van der Waals surface area contributed by atoms with Crippen molar-refractivity contribution in [3.63, 3.8) is 0 Å². The first kappa shape index (κ1) is 24.7. The second-order valence-electron chi connectivity index (χ2n) is 9.11. The van der Waals surface area contributed by atoms with Crippen LogP contribution >= 0.6 is 0 Å². The van der Waals surface area contributed by atoms with Crippen molar-refractivity contribution in [2.24, 2.45) is 10.9 Å². The van der Waals surface area contributed by atoms with Crippen LogP contribution in [-0.2, 0) is 21.0 Å². The number of alkyl halides is 3. The molecule has 1 aliphatic carbocycles. The van der Waals surface area contributed by atoms with E-state index in [2.05, 4.69) is 10.6 Å². The second-order valence-corrected chi connectivity index (χ2v) is 10.9. The van der Waals surface area contributed by atoms with Crippen LogP contribution in [0.5, 0.6) is 0 Å². The molecule has 0 radical (unpaired) electrons. The minimum Gasteiger partial charge on any atom is -0.388 e. The molecule has 186 valence electrons. The maximum atomic E-state index is 13.4. The van der Waals surface area contributed by atoms with E-state index in [9.17, 15) is 26.4 Å². The van der Waals surface area contributed by atoms with Crippen LogP contribution in [-0.4, -0.2) is 50.1 Å². The van der Waals surface area contributed by atoms with Crippen molar-refractivity contribution in [1.29, 1.82) is 0 Å². The summed E-state index contributed by atoms with van der Waals surface area (Å²) in [5, 5.41) is 6.39. The van der Waals surface area contributed by atoms with Crippen molar-refractivity contribution in [3.05, 3.63) is 34.7 Å². The number of hydrogen-bond donors (Lipinski definition) is 2. The number of aliphatic imine (C=N–C) groups is 1. The summed E-state index contributed by atoms with van der Waals surface area (Å²) in [5.41, 5.74) is -1.83. The van der Waals surface area contributed by atoms with Gasteiger partial charge in [0.1, 0.15) is 11.4 Å². The van der Waals surface area contributed by atoms with Crippen LogP contribution in [0.4, 0.5) is 18.9 Å². The molecular formula is C23H29F3N4O3S. The summed E-state index contributed by atoms with van der Waals surface area (Å²) in [4.78, 5) is 17.5. The summed E-state index contributed by atoms with van der Waals surface area (Å²) in [5.74, 6) is 0.796. The molecular weight excluding hydrogens is 469 g/mol. The highest BCUT2D eigenvalue weighted by Gasteiger charge is 2.48. The molecule has 3 aliphatic rings. The molecule has 2 heterocycles. The second kappa shape index (κ2) is 9.33. The first-order chi connectivity index (χ1) is 16.0. The highest BCUT2D eigenvalue weighted by molar-refractivity contribution is 7.92. The van der Waals surface area contributed by atoms with E-state index in [0.717, 1.165) is 49.1 Å². The molecule has 0 atom stereocenters. The number of piperidine rings is 1. The molecule has 1 saturated carbocycles. The predicted molar refractivity (Wildman–Crippen MR) is 125 cm³/mol. The minimum atomic E-state index is -4.63. The van der Waals surface area contributed by atoms with Crippen molar-refractivity contribution >= 4 is 33.5 Å². The number of benzene rings is 1. The number of nitrogens with zero attached hydrogens (tertiary/aromatic N) is 2. The van der Waals surface area contributed by atoms with Gasteiger partial charge in [0.05, 0.1) is 5.56 Å². The van der Waals surface area contributed by atoms with Gasteiger partial charge in [-0.3, -0.25) is 9.79 Å². The molecule has 2 N–H and O–H groups in total. The third kappa shape index (κ3) is 5.00. The summed E-state index contributed by atoms with van der Waals surface area (Å²) in [6, 6.07) is 3.63. The highest BCUT2D eigenvalue weighted by Crippen LogP contribution is 2.36. The number of halogens is 3. The van der Waals surface area contributed by atoms with Gasteiger partial charge in [-0.2, -0.15) is 17.5 Å². The lowest BCUT2D eigenvalue weighted by Crippen LogP contribution is -2.50. The molecule has 7 nitrogen and oxygen atoms in total. The lowest BCUT2D eigenvalue weighted by atomic mass is 9.88. The summed E-state index contributed by atoms with van der Waals surface area (Å²) < 4.78 is 67.2. The molecule has 4 rings (SSSR count). The zero-order valence-electron chi connectivity index (χ0n) is 19.0. The lowest BCUT2D eigenvalue weighted by Gasteiger charge is -2.34. The molecule has 2 fully saturated rings. The van der Waals surface area contributed by atoms with Crippen LogP contribution in [0.1, 0.15) is 56.1 Å². The first-order valence-corrected chi connectivity index (χ1v) is 13.0. The van der Waals surface area contributed by atoms with Crippen LogP contribution in [0.25, 0.3) is 6.08 Å². The molecule has 1 aromatic carbocycles. The fourth-order valence-corrected chi connectivity index (χ4v) is 6.09. The van der Waals surface area contributed by atoms with Crippen molar-refractivity contribution < 1.29 is 26.4 Å². The number of amidine groups is 1. The minimum absolute atomic E-state index is 0.0758. The van der Waals surface area contributed by atoms with E-state index in [1.54, 1.807) is 0 Å². The molecule has 1 aromatic rings. The van der Waals surface area contributed by atoms with Crippen molar-refractivity contribution in [1.82, 2.24) is 9.62 Å². The fraction of sp³-hybridized carbons (Fsp3) is 0.565. The molecule has 34 heavy (non-hydrogen) atoms. The van der Waals surface area contributed by atoms with E-state index < -0.39 is 27.3 Å². The van der Waals surface area contributed by atoms with Gasteiger partial charge < -0.3 is 10.6 Å². The summed E-state index contributed by atoms with van der Waals surface area (Å²) in [6.07, 6.45) is 2.23. The van der Waals surface area contributed by atoms with E-state index in [1.165, 1.54) is 29.9 Å². The van der Waals surface area contributed by atoms with Crippen LogP contribution in [0.2, 0.25) is 0 Å². The number of rotatable bonds is 5. The van der Waals surface area contributed by atoms with Crippen molar-refractivity contribution in [2.75, 3.05) is 25.5 Å². The SMILES string of the molecule is CNc1ccc(/C=C/S(=O)(=O)N2CCC3(CC2)N=C(C2CCCCC2)NC3=O)c(C(F)(F)F)c1. The summed E-state index contributed by atoms with van der Waals surface area (Å²) >= 11 is 0. The number of amides is 1. The summed E-state index contributed by atoms with van der Waals surface area (Å²) in [7, 11) is -2.46. The Balaban J connectivity index is 1.47. The molecule has 0 aromatic heterocycles. The topological polar surface area (TPSA) is 90.9 Å². The monoisotopic (exact) mass is 498 g/mol. The van der Waals surface area contributed by atoms with Crippen molar-refractivity contribution in [3.8, 4) is 0 Å². The Hall–Kier alpha value is -2.40. The molecule has 0 bridgehead atoms. The van der Waals surface area contributed by atoms with E-state index in [-0.39, 0.29) is 49.0 Å². The van der Waals surface area contributed by atoms with Gasteiger partial charge in [0, 0.05) is 37.2 Å². The highest BCUT2D eigenvalue weighted by atomic mass is 32.2. The number of hydrogen-bond acceptors (Lipinski definition) is 5. The molecule has 0 unspecified atom stereocenters. The number of anilines is 1. The van der Waals surface area contributed by atoms with E-state index >= 15 is 0 Å². The van der Waals surface area contributed by atoms with Crippen LogP contribution in [0, 0.1) is 5.92 Å². The van der Waals surface area contributed by atoms with Crippen LogP contribution < -0.4 is 10.6 Å². The third-order valence-electron chi connectivity index (χ3n) is 6.97. The van der Waals surface area contributed by atoms with Crippen LogP contribution in [0.3, 0.4) is 0 Å². The molecule has 1 saturated heterocycles. The number of nitrogens with one attached hydrogen (secondary N) is 2. The number of carbonyl (C=O) groups is 1. The summed E-state index contributed by atoms with van der Waals surface area (Å²) in [6.45, 7) is 0.152. The number of carbonyl (C=O) groups excluding carboxylic acids is 1. The maximum absolute atomic E-state index is 13.4. The zero-order valence-corrected chi connectivity index (χ0v) is 19.8. The quantitative estimate of drug-likeness (QED) is 0.642. The van der Waals surface area contributed by atoms with E-state index in [0.29, 0.717) is 0 Å². The normalized spacial score (nSPS) is 22.2. The van der Waals surface area contributed by atoms with Gasteiger partial charge >= 0.3 is 6.18 Å². The van der Waals surface area contributed by atoms with Gasteiger partial charge in [0.15, 0.2) is 0 Å². The maximum Gasteiger partial charge on any atom is 0.417 e. The average molecular weight is 499 g/mol. The smallest absolute Gasteiger partial charge is 0.388 e. The Bertz CT molecular complexity index is 1100. The zero-order chi connectivity index (χ0) is 24.6. The third-order valence-corrected chi connectivity index (χ3v) is 8.53. The Morgan fingerprint density at radius 3 is 2.47 bits per heavy atom. The number of sulfonamides is 1. The van der Waals surface area contributed by atoms with Crippen LogP contribution in [0.15, 0.2) is 28.6 Å². The van der Waals surface area contributed by atoms with Crippen molar-refractivity contribution in [2.45, 2.75) is 56.7 Å². The standard InChI is InChI=1S/C23H29F3N4O3S/c1-27-18-8-7-16(19(15-18)23(24,25)26)9-14-34(32,33)30-12-10-22(11-13-30)21(31)28-20(29-22)17-5-3-2-4-6-17/h7-9,14-15,17,27H,2-6,10-13H2,1H3,(H,28,29,31)/b14-9+. The Morgan fingerprint density at radius 2 is 1.85 bits per heavy atom. The van der Waals surface area contributed by atoms with E-state index in [4.69, 9.17) is 4.99 Å². The Kier molecular flexibility index (Phi) is 6.78. The Morgan fingerprint density at radius 1 is 1.18 bits per heavy atom. The molecule has 1 spiro atoms. The van der Waals surface area contributed by atoms with Gasteiger partial charge in [-0.25, -0.2) is 8.42 Å². The van der Waals surface area contributed by atoms with Gasteiger partial charge in [-0.05, 0) is 49.5 Å². The van der Waals surface area contributed by atoms with Gasteiger partial charge in [0.25, 0.3) is 5.91 Å². The first-order valence-electron chi connectivity index (χ1n) is 11.5. The molecule has 1 amide bonds. The lowest BCUT2D eigenvalue weighted by molar-refractivity contribution is -0.137. The molecule has 11 heteroatoms.